The third kappa shape index (κ3) is 4.89. The summed E-state index contributed by atoms with van der Waals surface area (Å²) in [5, 5.41) is 18.1. The van der Waals surface area contributed by atoms with E-state index < -0.39 is 0 Å². The van der Waals surface area contributed by atoms with Crippen LogP contribution in [0.5, 0.6) is 0 Å². The van der Waals surface area contributed by atoms with Crippen molar-refractivity contribution in [3.8, 4) is 11.1 Å². The Morgan fingerprint density at radius 2 is 1.14 bits per heavy atom. The smallest absolute Gasteiger partial charge is 0.0697 e. The lowest BCUT2D eigenvalue weighted by Crippen LogP contribution is -2.32. The number of rotatable bonds is 12. The Bertz CT molecular complexity index is 707. The largest absolute Gasteiger partial charge is 0.394 e. The van der Waals surface area contributed by atoms with Crippen LogP contribution in [0.3, 0.4) is 0 Å². The Labute approximate surface area is 174 Å². The summed E-state index contributed by atoms with van der Waals surface area (Å²) in [5.74, 6) is 0.706. The van der Waals surface area contributed by atoms with E-state index in [0.717, 1.165) is 12.8 Å². The first-order valence-corrected chi connectivity index (χ1v) is 10.7. The molecule has 0 amide bonds. The number of hydrogen-bond acceptors (Lipinski definition) is 4. The molecule has 2 aromatic carbocycles. The van der Waals surface area contributed by atoms with Gasteiger partial charge in [-0.05, 0) is 46.9 Å². The van der Waals surface area contributed by atoms with Crippen LogP contribution in [0.2, 0.25) is 0 Å². The van der Waals surface area contributed by atoms with E-state index >= 15 is 0 Å². The first-order chi connectivity index (χ1) is 14.1. The van der Waals surface area contributed by atoms with Gasteiger partial charge in [-0.1, -0.05) is 62.4 Å². The molecule has 4 nitrogen and oxygen atoms in total. The van der Waals surface area contributed by atoms with Gasteiger partial charge >= 0.3 is 0 Å². The summed E-state index contributed by atoms with van der Waals surface area (Å²) in [5.41, 5.74) is 5.36. The minimum Gasteiger partial charge on any atom is -0.394 e. The highest BCUT2D eigenvalue weighted by atomic mass is 16.5. The van der Waals surface area contributed by atoms with Crippen LogP contribution in [-0.4, -0.2) is 49.9 Å². The molecule has 3 rings (SSSR count). The molecule has 2 atom stereocenters. The molecule has 0 saturated heterocycles. The molecule has 1 aliphatic rings. The molecular formula is C25H34O4. The third-order valence-corrected chi connectivity index (χ3v) is 5.85. The summed E-state index contributed by atoms with van der Waals surface area (Å²) in [6.45, 7) is 6.63. The van der Waals surface area contributed by atoms with E-state index in [1.807, 2.05) is 0 Å². The second-order valence-electron chi connectivity index (χ2n) is 8.39. The maximum absolute atomic E-state index is 9.04. The topological polar surface area (TPSA) is 58.9 Å². The number of aliphatic hydroxyl groups is 2. The Hall–Kier alpha value is -1.72. The predicted octanol–water partition coefficient (Wildman–Crippen LogP) is 4.02. The molecule has 0 heterocycles. The van der Waals surface area contributed by atoms with E-state index in [0.29, 0.717) is 38.3 Å². The maximum atomic E-state index is 9.04. The number of benzene rings is 2. The zero-order valence-electron chi connectivity index (χ0n) is 17.6. The van der Waals surface area contributed by atoms with Gasteiger partial charge in [-0.25, -0.2) is 0 Å². The number of fused-ring (bicyclic) bond motifs is 3. The third-order valence-electron chi connectivity index (χ3n) is 5.85. The normalized spacial score (nSPS) is 16.3. The first-order valence-electron chi connectivity index (χ1n) is 10.7. The van der Waals surface area contributed by atoms with Crippen molar-refractivity contribution >= 4 is 0 Å². The van der Waals surface area contributed by atoms with Crippen LogP contribution in [0.15, 0.2) is 48.5 Å². The average molecular weight is 399 g/mol. The number of hydrogen-bond donors (Lipinski definition) is 2. The van der Waals surface area contributed by atoms with Gasteiger partial charge in [0.2, 0.25) is 0 Å². The Balaban J connectivity index is 1.94. The summed E-state index contributed by atoms with van der Waals surface area (Å²) >= 11 is 0. The fourth-order valence-corrected chi connectivity index (χ4v) is 4.94. The second kappa shape index (κ2) is 10.4. The summed E-state index contributed by atoms with van der Waals surface area (Å²) in [6.07, 6.45) is 1.97. The Kier molecular flexibility index (Phi) is 7.84. The van der Waals surface area contributed by atoms with Gasteiger partial charge in [-0.3, -0.25) is 0 Å². The number of aliphatic hydroxyl groups excluding tert-OH is 2. The lowest BCUT2D eigenvalue weighted by Gasteiger charge is -2.37. The van der Waals surface area contributed by atoms with Crippen molar-refractivity contribution in [3.63, 3.8) is 0 Å². The monoisotopic (exact) mass is 398 g/mol. The zero-order valence-corrected chi connectivity index (χ0v) is 17.6. The molecule has 2 unspecified atom stereocenters. The minimum absolute atomic E-state index is 0.0583. The molecule has 29 heavy (non-hydrogen) atoms. The highest BCUT2D eigenvalue weighted by Crippen LogP contribution is 2.54. The fourth-order valence-electron chi connectivity index (χ4n) is 4.94. The second-order valence-corrected chi connectivity index (χ2v) is 8.39. The molecular weight excluding hydrogens is 364 g/mol. The highest BCUT2D eigenvalue weighted by molar-refractivity contribution is 5.81. The lowest BCUT2D eigenvalue weighted by molar-refractivity contribution is 0.0548. The average Bonchev–Trinajstić information content (AvgIpc) is 2.99. The van der Waals surface area contributed by atoms with Crippen LogP contribution >= 0.6 is 0 Å². The lowest BCUT2D eigenvalue weighted by atomic mass is 9.67. The van der Waals surface area contributed by atoms with Crippen LogP contribution in [0.25, 0.3) is 11.1 Å². The minimum atomic E-state index is -0.0861. The fraction of sp³-hybridized carbons (Fsp3) is 0.520. The first kappa shape index (κ1) is 22.0. The summed E-state index contributed by atoms with van der Waals surface area (Å²) in [7, 11) is 0. The van der Waals surface area contributed by atoms with Gasteiger partial charge in [0, 0.05) is 18.6 Å². The molecule has 0 spiro atoms. The molecule has 2 N–H and O–H groups in total. The summed E-state index contributed by atoms with van der Waals surface area (Å²) < 4.78 is 11.3. The van der Waals surface area contributed by atoms with Gasteiger partial charge in [0.15, 0.2) is 0 Å². The van der Waals surface area contributed by atoms with E-state index in [4.69, 9.17) is 19.7 Å². The van der Waals surface area contributed by atoms with Gasteiger partial charge in [-0.2, -0.15) is 0 Å². The number of ether oxygens (including phenoxy) is 2. The van der Waals surface area contributed by atoms with Gasteiger partial charge in [0.25, 0.3) is 0 Å². The van der Waals surface area contributed by atoms with Crippen LogP contribution in [0.1, 0.15) is 37.8 Å². The molecule has 0 aromatic heterocycles. The maximum Gasteiger partial charge on any atom is 0.0697 e. The van der Waals surface area contributed by atoms with Gasteiger partial charge in [0.05, 0.1) is 26.4 Å². The Morgan fingerprint density at radius 3 is 1.55 bits per heavy atom. The molecule has 0 radical (unpaired) electrons. The summed E-state index contributed by atoms with van der Waals surface area (Å²) in [6, 6.07) is 17.5. The molecule has 0 fully saturated rings. The molecule has 2 aromatic rings. The quantitative estimate of drug-likeness (QED) is 0.530. The molecule has 0 bridgehead atoms. The van der Waals surface area contributed by atoms with Crippen molar-refractivity contribution in [1.29, 1.82) is 0 Å². The Morgan fingerprint density at radius 1 is 0.724 bits per heavy atom. The van der Waals surface area contributed by atoms with Crippen molar-refractivity contribution in [2.75, 3.05) is 39.6 Å². The van der Waals surface area contributed by atoms with Crippen molar-refractivity contribution in [1.82, 2.24) is 0 Å². The zero-order chi connectivity index (χ0) is 20.7. The highest BCUT2D eigenvalue weighted by Gasteiger charge is 2.44. The molecule has 0 saturated carbocycles. The van der Waals surface area contributed by atoms with Gasteiger partial charge in [0.1, 0.15) is 0 Å². The molecule has 1 aliphatic carbocycles. The van der Waals surface area contributed by atoms with E-state index in [1.165, 1.54) is 22.3 Å². The van der Waals surface area contributed by atoms with Crippen LogP contribution < -0.4 is 0 Å². The molecule has 0 aliphatic heterocycles. The van der Waals surface area contributed by atoms with E-state index in [1.54, 1.807) is 0 Å². The van der Waals surface area contributed by atoms with Crippen molar-refractivity contribution in [3.05, 3.63) is 59.7 Å². The van der Waals surface area contributed by atoms with E-state index in [9.17, 15) is 0 Å². The van der Waals surface area contributed by atoms with Gasteiger partial charge < -0.3 is 19.7 Å². The molecule has 4 heteroatoms. The van der Waals surface area contributed by atoms with Crippen LogP contribution in [0, 0.1) is 11.8 Å². The standard InChI is InChI=1S/C25H34O4/c1-19(17-28-13-11-26)15-25(16-20(2)18-29-14-12-27)23-9-5-3-7-21(23)22-8-4-6-10-24(22)25/h3-10,19-20,26-27H,11-18H2,1-2H3. The van der Waals surface area contributed by atoms with Crippen molar-refractivity contribution < 1.29 is 19.7 Å². The summed E-state index contributed by atoms with van der Waals surface area (Å²) in [4.78, 5) is 0. The van der Waals surface area contributed by atoms with Crippen LogP contribution in [0.4, 0.5) is 0 Å². The van der Waals surface area contributed by atoms with E-state index in [2.05, 4.69) is 62.4 Å². The van der Waals surface area contributed by atoms with Crippen molar-refractivity contribution in [2.45, 2.75) is 32.1 Å². The SMILES string of the molecule is CC(COCCO)CC1(CC(C)COCCO)c2ccccc2-c2ccccc21. The molecule has 158 valence electrons. The van der Waals surface area contributed by atoms with Crippen LogP contribution in [-0.2, 0) is 14.9 Å². The van der Waals surface area contributed by atoms with Gasteiger partial charge in [-0.15, -0.1) is 0 Å². The van der Waals surface area contributed by atoms with E-state index in [-0.39, 0.29) is 18.6 Å². The predicted molar refractivity (Wildman–Crippen MR) is 116 cm³/mol. The van der Waals surface area contributed by atoms with Crippen molar-refractivity contribution in [2.24, 2.45) is 11.8 Å².